The molecule has 0 unspecified atom stereocenters. The summed E-state index contributed by atoms with van der Waals surface area (Å²) in [5.41, 5.74) is 0.370. The molecule has 1 aliphatic rings. The summed E-state index contributed by atoms with van der Waals surface area (Å²) >= 11 is 0. The van der Waals surface area contributed by atoms with Gasteiger partial charge in [-0.3, -0.25) is 19.7 Å². The van der Waals surface area contributed by atoms with Gasteiger partial charge >= 0.3 is 12.0 Å². The highest BCUT2D eigenvalue weighted by molar-refractivity contribution is 6.04. The second kappa shape index (κ2) is 7.53. The highest BCUT2D eigenvalue weighted by Crippen LogP contribution is 2.10. The first-order valence-electron chi connectivity index (χ1n) is 7.22. The molecular weight excluding hydrogens is 321 g/mol. The number of benzene rings is 1. The van der Waals surface area contributed by atoms with Crippen LogP contribution in [0.15, 0.2) is 24.3 Å². The van der Waals surface area contributed by atoms with Gasteiger partial charge in [0.15, 0.2) is 6.10 Å². The molecule has 8 nitrogen and oxygen atoms in total. The van der Waals surface area contributed by atoms with Crippen molar-refractivity contribution in [3.63, 3.8) is 0 Å². The maximum Gasteiger partial charge on any atom is 0.322 e. The van der Waals surface area contributed by atoms with E-state index in [0.717, 1.165) is 0 Å². The SMILES string of the molecule is C[C@H](OC(=O)CC[C@@H]1NC(=O)NC1=O)C(=O)Nc1ccc(F)cc1. The molecule has 1 heterocycles. The van der Waals surface area contributed by atoms with Gasteiger partial charge in [-0.2, -0.15) is 0 Å². The van der Waals surface area contributed by atoms with Crippen LogP contribution in [0.25, 0.3) is 0 Å². The van der Waals surface area contributed by atoms with Crippen LogP contribution in [0.1, 0.15) is 19.8 Å². The second-order valence-corrected chi connectivity index (χ2v) is 5.18. The van der Waals surface area contributed by atoms with Crippen LogP contribution in [0.4, 0.5) is 14.9 Å². The minimum absolute atomic E-state index is 0.0721. The lowest BCUT2D eigenvalue weighted by Gasteiger charge is -2.14. The summed E-state index contributed by atoms with van der Waals surface area (Å²) in [5, 5.41) is 6.88. The zero-order chi connectivity index (χ0) is 17.7. The number of ether oxygens (including phenoxy) is 1. The number of carbonyl (C=O) groups is 4. The zero-order valence-electron chi connectivity index (χ0n) is 12.8. The third-order valence-electron chi connectivity index (χ3n) is 3.28. The van der Waals surface area contributed by atoms with E-state index < -0.39 is 41.8 Å². The van der Waals surface area contributed by atoms with Crippen molar-refractivity contribution in [3.05, 3.63) is 30.1 Å². The van der Waals surface area contributed by atoms with Gasteiger partial charge in [-0.15, -0.1) is 0 Å². The van der Waals surface area contributed by atoms with Gasteiger partial charge < -0.3 is 15.4 Å². The average Bonchev–Trinajstić information content (AvgIpc) is 2.85. The average molecular weight is 337 g/mol. The third-order valence-corrected chi connectivity index (χ3v) is 3.28. The molecule has 0 saturated carbocycles. The highest BCUT2D eigenvalue weighted by Gasteiger charge is 2.30. The molecule has 1 saturated heterocycles. The number of halogens is 1. The highest BCUT2D eigenvalue weighted by atomic mass is 19.1. The summed E-state index contributed by atoms with van der Waals surface area (Å²) in [4.78, 5) is 45.8. The van der Waals surface area contributed by atoms with Crippen molar-refractivity contribution >= 4 is 29.5 Å². The van der Waals surface area contributed by atoms with Crippen molar-refractivity contribution in [1.82, 2.24) is 10.6 Å². The van der Waals surface area contributed by atoms with E-state index in [9.17, 15) is 23.6 Å². The van der Waals surface area contributed by atoms with Gasteiger partial charge in [0, 0.05) is 12.1 Å². The van der Waals surface area contributed by atoms with Crippen molar-refractivity contribution in [2.75, 3.05) is 5.32 Å². The van der Waals surface area contributed by atoms with E-state index in [1.54, 1.807) is 0 Å². The van der Waals surface area contributed by atoms with E-state index in [2.05, 4.69) is 10.6 Å². The first-order valence-corrected chi connectivity index (χ1v) is 7.22. The van der Waals surface area contributed by atoms with E-state index in [4.69, 9.17) is 4.74 Å². The van der Waals surface area contributed by atoms with Crippen LogP contribution in [0.3, 0.4) is 0 Å². The number of esters is 1. The molecule has 1 aromatic rings. The van der Waals surface area contributed by atoms with Crippen LogP contribution < -0.4 is 16.0 Å². The fraction of sp³-hybridized carbons (Fsp3) is 0.333. The molecule has 4 amide bonds. The molecule has 0 bridgehead atoms. The van der Waals surface area contributed by atoms with Crippen molar-refractivity contribution in [1.29, 1.82) is 0 Å². The fourth-order valence-corrected chi connectivity index (χ4v) is 2.01. The molecular formula is C15H16FN3O5. The van der Waals surface area contributed by atoms with E-state index in [1.807, 2.05) is 5.32 Å². The van der Waals surface area contributed by atoms with Gasteiger partial charge in [-0.05, 0) is 37.6 Å². The Kier molecular flexibility index (Phi) is 5.46. The minimum Gasteiger partial charge on any atom is -0.453 e. The number of anilines is 1. The molecule has 2 rings (SSSR count). The summed E-state index contributed by atoms with van der Waals surface area (Å²) in [7, 11) is 0. The van der Waals surface area contributed by atoms with E-state index in [0.29, 0.717) is 5.69 Å². The summed E-state index contributed by atoms with van der Waals surface area (Å²) in [5.74, 6) is -2.18. The molecule has 0 aliphatic carbocycles. The lowest BCUT2D eigenvalue weighted by Crippen LogP contribution is -2.32. The molecule has 2 atom stereocenters. The number of rotatable bonds is 6. The van der Waals surface area contributed by atoms with Gasteiger partial charge in [0.2, 0.25) is 0 Å². The Morgan fingerprint density at radius 1 is 1.29 bits per heavy atom. The molecule has 1 aromatic carbocycles. The predicted molar refractivity (Wildman–Crippen MR) is 80.3 cm³/mol. The Morgan fingerprint density at radius 2 is 1.96 bits per heavy atom. The fourth-order valence-electron chi connectivity index (χ4n) is 2.01. The first kappa shape index (κ1) is 17.4. The van der Waals surface area contributed by atoms with Crippen molar-refractivity contribution in [3.8, 4) is 0 Å². The minimum atomic E-state index is -1.06. The van der Waals surface area contributed by atoms with Crippen molar-refractivity contribution in [2.24, 2.45) is 0 Å². The number of imide groups is 1. The van der Waals surface area contributed by atoms with Crippen LogP contribution in [0.5, 0.6) is 0 Å². The Balaban J connectivity index is 1.76. The lowest BCUT2D eigenvalue weighted by molar-refractivity contribution is -0.153. The van der Waals surface area contributed by atoms with Gasteiger partial charge in [-0.1, -0.05) is 0 Å². The smallest absolute Gasteiger partial charge is 0.322 e. The molecule has 0 aromatic heterocycles. The van der Waals surface area contributed by atoms with Gasteiger partial charge in [0.05, 0.1) is 0 Å². The summed E-state index contributed by atoms with van der Waals surface area (Å²) < 4.78 is 17.7. The Labute approximate surface area is 136 Å². The number of hydrogen-bond donors (Lipinski definition) is 3. The molecule has 128 valence electrons. The van der Waals surface area contributed by atoms with Crippen LogP contribution in [-0.2, 0) is 19.1 Å². The molecule has 0 spiro atoms. The van der Waals surface area contributed by atoms with Gasteiger partial charge in [0.1, 0.15) is 11.9 Å². The number of nitrogens with one attached hydrogen (secondary N) is 3. The Morgan fingerprint density at radius 3 is 2.54 bits per heavy atom. The summed E-state index contributed by atoms with van der Waals surface area (Å²) in [6.07, 6.45) is -1.12. The van der Waals surface area contributed by atoms with Crippen LogP contribution in [0, 0.1) is 5.82 Å². The first-order chi connectivity index (χ1) is 11.3. The van der Waals surface area contributed by atoms with E-state index in [1.165, 1.54) is 31.2 Å². The largest absolute Gasteiger partial charge is 0.453 e. The third kappa shape index (κ3) is 4.77. The molecule has 3 N–H and O–H groups in total. The molecule has 24 heavy (non-hydrogen) atoms. The van der Waals surface area contributed by atoms with E-state index in [-0.39, 0.29) is 12.8 Å². The number of amides is 4. The maximum atomic E-state index is 12.8. The normalized spacial score (nSPS) is 17.7. The lowest BCUT2D eigenvalue weighted by atomic mass is 10.1. The van der Waals surface area contributed by atoms with Gasteiger partial charge in [0.25, 0.3) is 11.8 Å². The quantitative estimate of drug-likeness (QED) is 0.522. The summed E-state index contributed by atoms with van der Waals surface area (Å²) in [6, 6.07) is 3.74. The number of urea groups is 1. The second-order valence-electron chi connectivity index (χ2n) is 5.18. The molecule has 1 aliphatic heterocycles. The van der Waals surface area contributed by atoms with Crippen molar-refractivity contribution < 1.29 is 28.3 Å². The Hall–Kier alpha value is -2.97. The van der Waals surface area contributed by atoms with Gasteiger partial charge in [-0.25, -0.2) is 9.18 Å². The summed E-state index contributed by atoms with van der Waals surface area (Å²) in [6.45, 7) is 1.39. The van der Waals surface area contributed by atoms with Crippen LogP contribution >= 0.6 is 0 Å². The molecule has 9 heteroatoms. The molecule has 1 fully saturated rings. The van der Waals surface area contributed by atoms with E-state index >= 15 is 0 Å². The van der Waals surface area contributed by atoms with Crippen molar-refractivity contribution in [2.45, 2.75) is 31.9 Å². The Bertz CT molecular complexity index is 662. The van der Waals surface area contributed by atoms with Crippen LogP contribution in [0.2, 0.25) is 0 Å². The topological polar surface area (TPSA) is 114 Å². The van der Waals surface area contributed by atoms with Crippen LogP contribution in [-0.4, -0.2) is 36.0 Å². The predicted octanol–water partition coefficient (Wildman–Crippen LogP) is 0.684. The number of carbonyl (C=O) groups excluding carboxylic acids is 4. The maximum absolute atomic E-state index is 12.8. The molecule has 0 radical (unpaired) electrons. The number of hydrogen-bond acceptors (Lipinski definition) is 5. The zero-order valence-corrected chi connectivity index (χ0v) is 12.8. The monoisotopic (exact) mass is 337 g/mol. The standard InChI is InChI=1S/C15H16FN3O5/c1-8(13(21)17-10-4-2-9(16)3-5-10)24-12(20)7-6-11-14(22)19-15(23)18-11/h2-5,8,11H,6-7H2,1H3,(H,17,21)(H2,18,19,22,23)/t8-,11-/m0/s1.